The SMILES string of the molecule is CC(=O)C1=C(C)NC(SCc2cccc([N+](=O)[O-])c2)=C(C#N)[C@@H]1c1ccccc1. The Labute approximate surface area is 173 Å². The maximum atomic E-state index is 12.3. The fourth-order valence-electron chi connectivity index (χ4n) is 3.39. The molecule has 1 atom stereocenters. The highest BCUT2D eigenvalue weighted by atomic mass is 32.2. The number of carbonyl (C=O) groups is 1. The standard InChI is InChI=1S/C22H19N3O3S/c1-14-20(15(2)26)21(17-8-4-3-5-9-17)19(12-23)22(24-14)29-13-16-7-6-10-18(11-16)25(27)28/h3-11,21,24H,13H2,1-2H3/t21-/m0/s1. The molecule has 0 radical (unpaired) electrons. The third-order valence-electron chi connectivity index (χ3n) is 4.66. The molecule has 0 saturated heterocycles. The zero-order valence-corrected chi connectivity index (χ0v) is 16.8. The molecule has 3 rings (SSSR count). The number of benzene rings is 2. The lowest BCUT2D eigenvalue weighted by atomic mass is 9.81. The Morgan fingerprint density at radius 2 is 1.97 bits per heavy atom. The molecule has 7 heteroatoms. The van der Waals surface area contributed by atoms with Crippen molar-refractivity contribution < 1.29 is 9.72 Å². The van der Waals surface area contributed by atoms with E-state index >= 15 is 0 Å². The van der Waals surface area contributed by atoms with Gasteiger partial charge in [0.25, 0.3) is 5.69 Å². The number of nitrogens with one attached hydrogen (secondary N) is 1. The lowest BCUT2D eigenvalue weighted by Gasteiger charge is -2.29. The van der Waals surface area contributed by atoms with E-state index in [1.165, 1.54) is 30.8 Å². The van der Waals surface area contributed by atoms with E-state index in [0.29, 0.717) is 27.6 Å². The normalized spacial score (nSPS) is 16.2. The number of thioether (sulfide) groups is 1. The van der Waals surface area contributed by atoms with Crippen molar-refractivity contribution in [1.82, 2.24) is 5.32 Å². The van der Waals surface area contributed by atoms with Crippen LogP contribution in [0.4, 0.5) is 5.69 Å². The van der Waals surface area contributed by atoms with Crippen molar-refractivity contribution in [2.45, 2.75) is 25.5 Å². The largest absolute Gasteiger partial charge is 0.353 e. The second-order valence-corrected chi connectivity index (χ2v) is 7.62. The van der Waals surface area contributed by atoms with Crippen LogP contribution in [0, 0.1) is 21.4 Å². The molecule has 29 heavy (non-hydrogen) atoms. The second-order valence-electron chi connectivity index (χ2n) is 6.63. The molecule has 1 N–H and O–H groups in total. The van der Waals surface area contributed by atoms with E-state index in [9.17, 15) is 20.2 Å². The monoisotopic (exact) mass is 405 g/mol. The number of nitro benzene ring substituents is 1. The fourth-order valence-corrected chi connectivity index (χ4v) is 4.42. The Hall–Kier alpha value is -3.37. The molecule has 1 aliphatic rings. The summed E-state index contributed by atoms with van der Waals surface area (Å²) in [6, 6.07) is 18.2. The minimum absolute atomic E-state index is 0.0336. The maximum absolute atomic E-state index is 12.3. The first kappa shape index (κ1) is 20.4. The molecule has 1 heterocycles. The third kappa shape index (κ3) is 4.39. The van der Waals surface area contributed by atoms with Gasteiger partial charge in [-0.05, 0) is 25.0 Å². The highest BCUT2D eigenvalue weighted by Gasteiger charge is 2.32. The summed E-state index contributed by atoms with van der Waals surface area (Å²) in [5.41, 5.74) is 3.46. The summed E-state index contributed by atoms with van der Waals surface area (Å²) in [7, 11) is 0. The van der Waals surface area contributed by atoms with Crippen LogP contribution in [0.15, 0.2) is 76.5 Å². The Morgan fingerprint density at radius 1 is 1.24 bits per heavy atom. The van der Waals surface area contributed by atoms with E-state index in [2.05, 4.69) is 11.4 Å². The minimum atomic E-state index is -0.437. The number of hydrogen-bond donors (Lipinski definition) is 1. The molecule has 0 fully saturated rings. The van der Waals surface area contributed by atoms with Gasteiger partial charge in [0.15, 0.2) is 5.78 Å². The smallest absolute Gasteiger partial charge is 0.269 e. The summed E-state index contributed by atoms with van der Waals surface area (Å²) in [4.78, 5) is 22.9. The van der Waals surface area contributed by atoms with Crippen molar-refractivity contribution in [3.63, 3.8) is 0 Å². The number of nitriles is 1. The van der Waals surface area contributed by atoms with Crippen molar-refractivity contribution in [3.8, 4) is 6.07 Å². The maximum Gasteiger partial charge on any atom is 0.269 e. The van der Waals surface area contributed by atoms with E-state index in [0.717, 1.165) is 11.1 Å². The molecule has 0 aromatic heterocycles. The molecule has 146 valence electrons. The van der Waals surface area contributed by atoms with Gasteiger partial charge in [0.05, 0.1) is 27.5 Å². The number of rotatable bonds is 6. The summed E-state index contributed by atoms with van der Waals surface area (Å²) >= 11 is 1.40. The van der Waals surface area contributed by atoms with Gasteiger partial charge < -0.3 is 5.32 Å². The molecule has 0 bridgehead atoms. The van der Waals surface area contributed by atoms with E-state index < -0.39 is 10.8 Å². The van der Waals surface area contributed by atoms with E-state index in [1.54, 1.807) is 6.07 Å². The van der Waals surface area contributed by atoms with E-state index in [4.69, 9.17) is 0 Å². The minimum Gasteiger partial charge on any atom is -0.353 e. The van der Waals surface area contributed by atoms with Crippen LogP contribution in [0.1, 0.15) is 30.9 Å². The summed E-state index contributed by atoms with van der Waals surface area (Å²) in [6.07, 6.45) is 0. The van der Waals surface area contributed by atoms with Crippen molar-refractivity contribution in [3.05, 3.63) is 97.7 Å². The predicted molar refractivity (Wildman–Crippen MR) is 113 cm³/mol. The zero-order valence-electron chi connectivity index (χ0n) is 16.0. The molecule has 0 spiro atoms. The molecule has 0 amide bonds. The van der Waals surface area contributed by atoms with Crippen molar-refractivity contribution in [2.75, 3.05) is 0 Å². The average molecular weight is 405 g/mol. The first-order valence-corrected chi connectivity index (χ1v) is 9.95. The van der Waals surface area contributed by atoms with Gasteiger partial charge in [-0.1, -0.05) is 42.5 Å². The molecular weight excluding hydrogens is 386 g/mol. The highest BCUT2D eigenvalue weighted by Crippen LogP contribution is 2.41. The van der Waals surface area contributed by atoms with E-state index in [1.807, 2.05) is 43.3 Å². The van der Waals surface area contributed by atoms with Gasteiger partial charge in [-0.15, -0.1) is 11.8 Å². The number of nitrogens with zero attached hydrogens (tertiary/aromatic N) is 2. The van der Waals surface area contributed by atoms with Gasteiger partial charge >= 0.3 is 0 Å². The first-order valence-electron chi connectivity index (χ1n) is 8.96. The fraction of sp³-hybridized carbons (Fsp3) is 0.182. The van der Waals surface area contributed by atoms with Crippen molar-refractivity contribution in [1.29, 1.82) is 5.26 Å². The predicted octanol–water partition coefficient (Wildman–Crippen LogP) is 4.81. The Morgan fingerprint density at radius 3 is 2.59 bits per heavy atom. The molecule has 2 aromatic carbocycles. The quantitative estimate of drug-likeness (QED) is 0.547. The number of ketones is 1. The van der Waals surface area contributed by atoms with Crippen LogP contribution < -0.4 is 5.32 Å². The second kappa shape index (κ2) is 8.76. The Balaban J connectivity index is 1.97. The molecule has 0 unspecified atom stereocenters. The van der Waals surface area contributed by atoms with Crippen LogP contribution in [0.3, 0.4) is 0 Å². The average Bonchev–Trinajstić information content (AvgIpc) is 2.72. The molecule has 6 nitrogen and oxygen atoms in total. The topological polar surface area (TPSA) is 96.0 Å². The third-order valence-corrected chi connectivity index (χ3v) is 5.75. The lowest BCUT2D eigenvalue weighted by Crippen LogP contribution is -2.27. The lowest BCUT2D eigenvalue weighted by molar-refractivity contribution is -0.384. The molecule has 0 saturated carbocycles. The van der Waals surface area contributed by atoms with Gasteiger partial charge in [0.1, 0.15) is 0 Å². The highest BCUT2D eigenvalue weighted by molar-refractivity contribution is 8.02. The van der Waals surface area contributed by atoms with E-state index in [-0.39, 0.29) is 11.5 Å². The summed E-state index contributed by atoms with van der Waals surface area (Å²) < 4.78 is 0. The van der Waals surface area contributed by atoms with Crippen LogP contribution in [0.2, 0.25) is 0 Å². The first-order chi connectivity index (χ1) is 13.9. The van der Waals surface area contributed by atoms with Gasteiger partial charge in [0.2, 0.25) is 0 Å². The van der Waals surface area contributed by atoms with Gasteiger partial charge in [-0.25, -0.2) is 0 Å². The number of hydrogen-bond acceptors (Lipinski definition) is 6. The molecular formula is C22H19N3O3S. The summed E-state index contributed by atoms with van der Waals surface area (Å²) in [6.45, 7) is 3.33. The van der Waals surface area contributed by atoms with Gasteiger partial charge in [-0.3, -0.25) is 14.9 Å². The van der Waals surface area contributed by atoms with Gasteiger partial charge in [-0.2, -0.15) is 5.26 Å². The van der Waals surface area contributed by atoms with Crippen LogP contribution in [-0.4, -0.2) is 10.7 Å². The Kier molecular flexibility index (Phi) is 6.15. The molecule has 0 aliphatic carbocycles. The summed E-state index contributed by atoms with van der Waals surface area (Å²) in [5.74, 6) is -0.0637. The zero-order chi connectivity index (χ0) is 21.0. The number of carbonyl (C=O) groups excluding carboxylic acids is 1. The van der Waals surface area contributed by atoms with Crippen molar-refractivity contribution >= 4 is 23.2 Å². The van der Waals surface area contributed by atoms with Crippen LogP contribution in [-0.2, 0) is 10.5 Å². The number of Topliss-reactive ketones (excluding diaryl/α,β-unsaturated/α-hetero) is 1. The number of dihydropyridines is 1. The number of non-ortho nitro benzene ring substituents is 1. The van der Waals surface area contributed by atoms with Crippen molar-refractivity contribution in [2.24, 2.45) is 0 Å². The summed E-state index contributed by atoms with van der Waals surface area (Å²) in [5, 5.41) is 24.8. The van der Waals surface area contributed by atoms with Crippen LogP contribution in [0.25, 0.3) is 0 Å². The van der Waals surface area contributed by atoms with Gasteiger partial charge in [0, 0.05) is 29.2 Å². The molecule has 2 aromatic rings. The number of nitro groups is 1. The number of allylic oxidation sites excluding steroid dienone is 3. The van der Waals surface area contributed by atoms with Crippen LogP contribution in [0.5, 0.6) is 0 Å². The van der Waals surface area contributed by atoms with Crippen LogP contribution >= 0.6 is 11.8 Å². The molecule has 1 aliphatic heterocycles. The Bertz CT molecular complexity index is 1070.